The van der Waals surface area contributed by atoms with Gasteiger partial charge in [-0.25, -0.2) is 14.6 Å². The third-order valence-electron chi connectivity index (χ3n) is 5.17. The molecule has 1 atom stereocenters. The Morgan fingerprint density at radius 1 is 1.07 bits per heavy atom. The number of fused-ring (bicyclic) bond motifs is 1. The second kappa shape index (κ2) is 8.29. The van der Waals surface area contributed by atoms with Crippen LogP contribution < -0.4 is 5.69 Å². The van der Waals surface area contributed by atoms with E-state index in [4.69, 9.17) is 16.3 Å². The summed E-state index contributed by atoms with van der Waals surface area (Å²) in [4.78, 5) is 49.8. The molecule has 3 heterocycles. The third kappa shape index (κ3) is 3.94. The summed E-state index contributed by atoms with van der Waals surface area (Å²) in [5.74, 6) is -0.583. The Hall–Kier alpha value is -3.17. The highest BCUT2D eigenvalue weighted by Gasteiger charge is 2.32. The van der Waals surface area contributed by atoms with Gasteiger partial charge in [-0.15, -0.1) is 0 Å². The quantitative estimate of drug-likeness (QED) is 0.609. The number of aromatic amines is 2. The minimum atomic E-state index is -0.566. The van der Waals surface area contributed by atoms with Crippen LogP contribution in [0.25, 0.3) is 11.2 Å². The predicted octanol–water partition coefficient (Wildman–Crippen LogP) is 1.58. The number of hydrogen-bond donors (Lipinski definition) is 2. The Kier molecular flexibility index (Phi) is 5.56. The van der Waals surface area contributed by atoms with E-state index in [-0.39, 0.29) is 23.3 Å². The van der Waals surface area contributed by atoms with Crippen LogP contribution in [0.1, 0.15) is 22.1 Å². The number of nitrogens with zero attached hydrogens (tertiary/aromatic N) is 3. The molecule has 3 aromatic rings. The largest absolute Gasteiger partial charge is 0.468 e. The average Bonchev–Trinajstić information content (AvgIpc) is 3.14. The van der Waals surface area contributed by atoms with Crippen molar-refractivity contribution in [3.63, 3.8) is 0 Å². The molecule has 0 spiro atoms. The van der Waals surface area contributed by atoms with Gasteiger partial charge in [-0.1, -0.05) is 23.7 Å². The van der Waals surface area contributed by atoms with Gasteiger partial charge in [0.25, 0.3) is 5.91 Å². The number of hydrogen-bond acceptors (Lipinski definition) is 6. The highest BCUT2D eigenvalue weighted by molar-refractivity contribution is 6.30. The Morgan fingerprint density at radius 2 is 1.77 bits per heavy atom. The summed E-state index contributed by atoms with van der Waals surface area (Å²) >= 11 is 5.96. The van der Waals surface area contributed by atoms with Crippen molar-refractivity contribution in [1.82, 2.24) is 24.8 Å². The molecule has 0 aliphatic carbocycles. The fourth-order valence-electron chi connectivity index (χ4n) is 3.63. The Bertz CT molecular complexity index is 1130. The molecule has 2 aromatic heterocycles. The third-order valence-corrected chi connectivity index (χ3v) is 5.42. The number of aromatic nitrogens is 3. The van der Waals surface area contributed by atoms with E-state index in [1.807, 2.05) is 4.90 Å². The molecule has 0 radical (unpaired) electrons. The Morgan fingerprint density at radius 3 is 2.43 bits per heavy atom. The molecule has 30 heavy (non-hydrogen) atoms. The molecule has 2 N–H and O–H groups in total. The van der Waals surface area contributed by atoms with E-state index in [0.29, 0.717) is 42.4 Å². The van der Waals surface area contributed by atoms with Gasteiger partial charge in [0.1, 0.15) is 11.7 Å². The number of esters is 1. The summed E-state index contributed by atoms with van der Waals surface area (Å²) < 4.78 is 5.00. The molecule has 0 bridgehead atoms. The molecule has 0 saturated carbocycles. The molecule has 4 rings (SSSR count). The molecule has 1 saturated heterocycles. The van der Waals surface area contributed by atoms with E-state index in [2.05, 4.69) is 15.0 Å². The van der Waals surface area contributed by atoms with Crippen LogP contribution in [0.15, 0.2) is 41.2 Å². The van der Waals surface area contributed by atoms with Crippen molar-refractivity contribution >= 4 is 34.6 Å². The molecule has 1 fully saturated rings. The lowest BCUT2D eigenvalue weighted by molar-refractivity contribution is -0.148. The zero-order valence-corrected chi connectivity index (χ0v) is 17.0. The van der Waals surface area contributed by atoms with E-state index in [1.54, 1.807) is 41.3 Å². The number of imidazole rings is 1. The second-order valence-electron chi connectivity index (χ2n) is 6.98. The van der Waals surface area contributed by atoms with Crippen molar-refractivity contribution in [3.05, 3.63) is 63.2 Å². The fraction of sp³-hybridized carbons (Fsp3) is 0.300. The summed E-state index contributed by atoms with van der Waals surface area (Å²) in [6.45, 7) is 1.86. The minimum absolute atomic E-state index is 0.222. The maximum atomic E-state index is 12.9. The summed E-state index contributed by atoms with van der Waals surface area (Å²) in [5, 5.41) is 0.589. The first-order valence-electron chi connectivity index (χ1n) is 9.42. The van der Waals surface area contributed by atoms with Crippen LogP contribution in [-0.4, -0.2) is 69.9 Å². The van der Waals surface area contributed by atoms with Gasteiger partial charge in [0.05, 0.1) is 12.6 Å². The molecular formula is C20H20ClN5O4. The van der Waals surface area contributed by atoms with Crippen molar-refractivity contribution in [1.29, 1.82) is 0 Å². The molecule has 1 aromatic carbocycles. The van der Waals surface area contributed by atoms with Gasteiger partial charge in [0.2, 0.25) is 0 Å². The number of rotatable bonds is 4. The number of nitrogens with one attached hydrogen (secondary N) is 2. The highest BCUT2D eigenvalue weighted by atomic mass is 35.5. The van der Waals surface area contributed by atoms with E-state index >= 15 is 0 Å². The van der Waals surface area contributed by atoms with Crippen molar-refractivity contribution in [2.24, 2.45) is 0 Å². The molecule has 1 aliphatic heterocycles. The van der Waals surface area contributed by atoms with Crippen LogP contribution in [-0.2, 0) is 9.53 Å². The van der Waals surface area contributed by atoms with Gasteiger partial charge in [-0.05, 0) is 29.8 Å². The zero-order chi connectivity index (χ0) is 21.3. The maximum Gasteiger partial charge on any atom is 0.327 e. The van der Waals surface area contributed by atoms with Crippen LogP contribution in [0.4, 0.5) is 0 Å². The first kappa shape index (κ1) is 20.1. The Labute approximate surface area is 176 Å². The number of carbonyl (C=O) groups is 2. The lowest BCUT2D eigenvalue weighted by atomic mass is 10.0. The molecule has 1 amide bonds. The zero-order valence-electron chi connectivity index (χ0n) is 16.2. The number of methoxy groups -OCH3 is 1. The first-order valence-corrected chi connectivity index (χ1v) is 9.80. The lowest BCUT2D eigenvalue weighted by Crippen LogP contribution is -2.51. The van der Waals surface area contributed by atoms with Crippen molar-refractivity contribution < 1.29 is 14.3 Å². The first-order chi connectivity index (χ1) is 14.5. The topological polar surface area (TPSA) is 111 Å². The fourth-order valence-corrected chi connectivity index (χ4v) is 3.76. The molecule has 1 aliphatic rings. The van der Waals surface area contributed by atoms with Crippen molar-refractivity contribution in [2.45, 2.75) is 6.04 Å². The Balaban J connectivity index is 1.48. The standard InChI is InChI=1S/C20H20ClN5O4/c1-30-19(28)16(12-2-4-13(21)5-3-12)25-8-10-26(11-9-25)18(27)15-7-6-14-17(22-15)24-20(29)23-14/h2-7,16H,8-11H2,1H3,(H2,22,23,24,29)/t16-/m0/s1. The minimum Gasteiger partial charge on any atom is -0.468 e. The van der Waals surface area contributed by atoms with Gasteiger partial charge < -0.3 is 14.6 Å². The van der Waals surface area contributed by atoms with Gasteiger partial charge in [0.15, 0.2) is 5.65 Å². The number of piperazine rings is 1. The van der Waals surface area contributed by atoms with Crippen molar-refractivity contribution in [2.75, 3.05) is 33.3 Å². The van der Waals surface area contributed by atoms with E-state index in [9.17, 15) is 14.4 Å². The van der Waals surface area contributed by atoms with Gasteiger partial charge >= 0.3 is 11.7 Å². The summed E-state index contributed by atoms with van der Waals surface area (Å²) in [6.07, 6.45) is 0. The lowest BCUT2D eigenvalue weighted by Gasteiger charge is -2.38. The summed E-state index contributed by atoms with van der Waals surface area (Å²) in [5.41, 5.74) is 1.57. The van der Waals surface area contributed by atoms with Crippen LogP contribution >= 0.6 is 11.6 Å². The number of carbonyl (C=O) groups excluding carboxylic acids is 2. The van der Waals surface area contributed by atoms with Crippen LogP contribution in [0.3, 0.4) is 0 Å². The summed E-state index contributed by atoms with van der Waals surface area (Å²) in [6, 6.07) is 9.75. The highest BCUT2D eigenvalue weighted by Crippen LogP contribution is 2.25. The second-order valence-corrected chi connectivity index (χ2v) is 7.41. The number of benzene rings is 1. The molecule has 156 valence electrons. The SMILES string of the molecule is COC(=O)[C@H](c1ccc(Cl)cc1)N1CCN(C(=O)c2ccc3[nH]c(=O)[nH]c3n2)CC1. The van der Waals surface area contributed by atoms with Gasteiger partial charge in [0, 0.05) is 31.2 Å². The smallest absolute Gasteiger partial charge is 0.327 e. The maximum absolute atomic E-state index is 12.9. The number of halogens is 1. The molecule has 9 nitrogen and oxygen atoms in total. The van der Waals surface area contributed by atoms with Crippen molar-refractivity contribution in [3.8, 4) is 0 Å². The van der Waals surface area contributed by atoms with E-state index < -0.39 is 6.04 Å². The van der Waals surface area contributed by atoms with Gasteiger partial charge in [-0.3, -0.25) is 14.7 Å². The normalized spacial score (nSPS) is 15.9. The van der Waals surface area contributed by atoms with Crippen LogP contribution in [0, 0.1) is 0 Å². The average molecular weight is 430 g/mol. The summed E-state index contributed by atoms with van der Waals surface area (Å²) in [7, 11) is 1.36. The predicted molar refractivity (Wildman–Crippen MR) is 110 cm³/mol. The molecule has 0 unspecified atom stereocenters. The van der Waals surface area contributed by atoms with E-state index in [0.717, 1.165) is 5.56 Å². The van der Waals surface area contributed by atoms with E-state index in [1.165, 1.54) is 7.11 Å². The monoisotopic (exact) mass is 429 g/mol. The van der Waals surface area contributed by atoms with Crippen LogP contribution in [0.5, 0.6) is 0 Å². The van der Waals surface area contributed by atoms with Crippen LogP contribution in [0.2, 0.25) is 5.02 Å². The molecule has 10 heteroatoms. The number of H-pyrrole nitrogens is 2. The number of ether oxygens (including phenoxy) is 1. The number of pyridine rings is 1. The molecular weight excluding hydrogens is 410 g/mol. The van der Waals surface area contributed by atoms with Gasteiger partial charge in [-0.2, -0.15) is 0 Å². The number of amides is 1.